The number of nitrogens with zero attached hydrogens (tertiary/aromatic N) is 4. The van der Waals surface area contributed by atoms with E-state index in [1.807, 2.05) is 0 Å². The lowest BCUT2D eigenvalue weighted by molar-refractivity contribution is -0.119. The summed E-state index contributed by atoms with van der Waals surface area (Å²) in [5, 5.41) is 5.60. The number of aromatic nitrogens is 3. The molecule has 0 unspecified atom stereocenters. The van der Waals surface area contributed by atoms with Crippen LogP contribution in [0, 0.1) is 11.6 Å². The lowest BCUT2D eigenvalue weighted by Gasteiger charge is -2.14. The molecule has 3 aromatic rings. The van der Waals surface area contributed by atoms with E-state index in [-0.39, 0.29) is 24.7 Å². The molecule has 1 atom stereocenters. The maximum Gasteiger partial charge on any atom is 0.414 e. The summed E-state index contributed by atoms with van der Waals surface area (Å²) in [5.74, 6) is -0.702. The van der Waals surface area contributed by atoms with Gasteiger partial charge < -0.3 is 19.9 Å². The van der Waals surface area contributed by atoms with E-state index < -0.39 is 23.8 Å². The second-order valence-corrected chi connectivity index (χ2v) is 7.18. The number of pyridine rings is 1. The first kappa shape index (κ1) is 21.2. The summed E-state index contributed by atoms with van der Waals surface area (Å²) < 4.78 is 34.5. The molecule has 0 radical (unpaired) electrons. The van der Waals surface area contributed by atoms with Crippen LogP contribution < -0.4 is 15.5 Å². The fraction of sp³-hybridized carbons (Fsp3) is 0.238. The molecule has 11 heteroatoms. The van der Waals surface area contributed by atoms with Gasteiger partial charge in [-0.2, -0.15) is 0 Å². The van der Waals surface area contributed by atoms with Gasteiger partial charge in [0.1, 0.15) is 23.6 Å². The monoisotopic (exact) mass is 442 g/mol. The molecule has 0 aliphatic carbocycles. The molecular formula is C21H20F2N6O3. The van der Waals surface area contributed by atoms with Gasteiger partial charge in [0.2, 0.25) is 5.91 Å². The van der Waals surface area contributed by atoms with Crippen molar-refractivity contribution in [3.8, 4) is 5.69 Å². The van der Waals surface area contributed by atoms with Gasteiger partial charge in [0.05, 0.1) is 49.2 Å². The van der Waals surface area contributed by atoms with Crippen molar-refractivity contribution in [3.63, 3.8) is 0 Å². The predicted octanol–water partition coefficient (Wildman–Crippen LogP) is 2.62. The van der Waals surface area contributed by atoms with E-state index in [4.69, 9.17) is 4.74 Å². The lowest BCUT2D eigenvalue weighted by atomic mass is 10.2. The molecule has 2 N–H and O–H groups in total. The summed E-state index contributed by atoms with van der Waals surface area (Å²) in [6.45, 7) is 2.09. The fourth-order valence-electron chi connectivity index (χ4n) is 3.22. The highest BCUT2D eigenvalue weighted by molar-refractivity contribution is 5.90. The number of halogens is 2. The molecule has 1 fully saturated rings. The van der Waals surface area contributed by atoms with Gasteiger partial charge in [-0.3, -0.25) is 9.69 Å². The maximum atomic E-state index is 14.8. The van der Waals surface area contributed by atoms with Crippen molar-refractivity contribution in [3.05, 3.63) is 66.4 Å². The van der Waals surface area contributed by atoms with Crippen molar-refractivity contribution < 1.29 is 23.1 Å². The van der Waals surface area contributed by atoms with Gasteiger partial charge in [0.25, 0.3) is 0 Å². The van der Waals surface area contributed by atoms with Crippen molar-refractivity contribution in [2.24, 2.45) is 0 Å². The molecule has 2 aromatic heterocycles. The Morgan fingerprint density at radius 3 is 2.81 bits per heavy atom. The van der Waals surface area contributed by atoms with Crippen molar-refractivity contribution in [2.45, 2.75) is 19.6 Å². The van der Waals surface area contributed by atoms with Gasteiger partial charge in [-0.1, -0.05) is 0 Å². The van der Waals surface area contributed by atoms with Crippen molar-refractivity contribution in [1.29, 1.82) is 0 Å². The molecule has 1 aliphatic heterocycles. The molecule has 0 bridgehead atoms. The molecule has 0 saturated carbocycles. The standard InChI is InChI=1S/C21H20F2N6O3/c1-13(30)24-9-17-11-29(21(31)32-17)16-3-4-19(18(23)6-16)28-10-15(27-12-28)8-26-20-5-2-14(22)7-25-20/h2-7,10,12,17H,8-9,11H2,1H3,(H,24,30)(H,25,26)/t17-/m0/s1. The second-order valence-electron chi connectivity index (χ2n) is 7.18. The van der Waals surface area contributed by atoms with Gasteiger partial charge in [-0.05, 0) is 30.3 Å². The number of ether oxygens (including phenoxy) is 1. The Labute approximate surface area is 182 Å². The topological polar surface area (TPSA) is 101 Å². The van der Waals surface area contributed by atoms with Crippen LogP contribution in [0.15, 0.2) is 49.1 Å². The molecule has 1 aliphatic rings. The highest BCUT2D eigenvalue weighted by atomic mass is 19.1. The first-order valence-electron chi connectivity index (χ1n) is 9.80. The Balaban J connectivity index is 1.42. The number of hydrogen-bond donors (Lipinski definition) is 2. The summed E-state index contributed by atoms with van der Waals surface area (Å²) in [7, 11) is 0. The number of anilines is 2. The Kier molecular flexibility index (Phi) is 5.97. The average Bonchev–Trinajstić information content (AvgIpc) is 3.38. The quantitative estimate of drug-likeness (QED) is 0.583. The summed E-state index contributed by atoms with van der Waals surface area (Å²) in [4.78, 5) is 32.6. The van der Waals surface area contributed by atoms with Crippen LogP contribution in [-0.4, -0.2) is 45.7 Å². The third-order valence-corrected chi connectivity index (χ3v) is 4.79. The van der Waals surface area contributed by atoms with Crippen LogP contribution in [-0.2, 0) is 16.1 Å². The molecule has 32 heavy (non-hydrogen) atoms. The zero-order valence-corrected chi connectivity index (χ0v) is 17.1. The summed E-state index contributed by atoms with van der Waals surface area (Å²) in [6, 6.07) is 7.20. The van der Waals surface area contributed by atoms with Crippen molar-refractivity contribution >= 4 is 23.5 Å². The van der Waals surface area contributed by atoms with Gasteiger partial charge in [-0.25, -0.2) is 23.5 Å². The number of carbonyl (C=O) groups is 2. The first-order valence-corrected chi connectivity index (χ1v) is 9.80. The second kappa shape index (κ2) is 9.00. The minimum atomic E-state index is -0.599. The maximum absolute atomic E-state index is 14.8. The van der Waals surface area contributed by atoms with Crippen LogP contribution in [0.3, 0.4) is 0 Å². The number of nitrogens with one attached hydrogen (secondary N) is 2. The van der Waals surface area contributed by atoms with Crippen LogP contribution >= 0.6 is 0 Å². The molecule has 166 valence electrons. The predicted molar refractivity (Wildman–Crippen MR) is 111 cm³/mol. The summed E-state index contributed by atoms with van der Waals surface area (Å²) in [5.41, 5.74) is 1.24. The van der Waals surface area contributed by atoms with E-state index in [2.05, 4.69) is 20.6 Å². The van der Waals surface area contributed by atoms with E-state index >= 15 is 0 Å². The van der Waals surface area contributed by atoms with Gasteiger partial charge >= 0.3 is 6.09 Å². The Hall–Kier alpha value is -4.02. The minimum Gasteiger partial charge on any atom is -0.442 e. The number of amides is 2. The summed E-state index contributed by atoms with van der Waals surface area (Å²) >= 11 is 0. The van der Waals surface area contributed by atoms with Crippen LogP contribution in [0.5, 0.6) is 0 Å². The largest absolute Gasteiger partial charge is 0.442 e. The molecule has 1 saturated heterocycles. The Morgan fingerprint density at radius 1 is 1.25 bits per heavy atom. The lowest BCUT2D eigenvalue weighted by Crippen LogP contribution is -2.33. The van der Waals surface area contributed by atoms with E-state index in [0.717, 1.165) is 6.20 Å². The van der Waals surface area contributed by atoms with E-state index in [1.54, 1.807) is 18.3 Å². The molecule has 0 spiro atoms. The highest BCUT2D eigenvalue weighted by Crippen LogP contribution is 2.25. The van der Waals surface area contributed by atoms with E-state index in [1.165, 1.54) is 40.9 Å². The van der Waals surface area contributed by atoms with Crippen LogP contribution in [0.2, 0.25) is 0 Å². The fourth-order valence-corrected chi connectivity index (χ4v) is 3.22. The normalized spacial score (nSPS) is 15.5. The third-order valence-electron chi connectivity index (χ3n) is 4.79. The number of rotatable bonds is 7. The Morgan fingerprint density at radius 2 is 2.09 bits per heavy atom. The van der Waals surface area contributed by atoms with E-state index in [9.17, 15) is 18.4 Å². The Bertz CT molecular complexity index is 1130. The molecule has 4 rings (SSSR count). The smallest absolute Gasteiger partial charge is 0.414 e. The number of benzene rings is 1. The molecule has 9 nitrogen and oxygen atoms in total. The van der Waals surface area contributed by atoms with Crippen LogP contribution in [0.25, 0.3) is 5.69 Å². The highest BCUT2D eigenvalue weighted by Gasteiger charge is 2.32. The van der Waals surface area contributed by atoms with Crippen LogP contribution in [0.1, 0.15) is 12.6 Å². The molecular weight excluding hydrogens is 422 g/mol. The number of imidazole rings is 1. The SMILES string of the molecule is CC(=O)NC[C@H]1CN(c2ccc(-n3cnc(CNc4ccc(F)cn4)c3)c(F)c2)C(=O)O1. The number of hydrogen-bond acceptors (Lipinski definition) is 6. The van der Waals surface area contributed by atoms with Gasteiger partial charge in [0.15, 0.2) is 0 Å². The zero-order valence-electron chi connectivity index (χ0n) is 17.1. The van der Waals surface area contributed by atoms with Crippen LogP contribution in [0.4, 0.5) is 25.1 Å². The first-order chi connectivity index (χ1) is 15.4. The molecule has 2 amide bonds. The van der Waals surface area contributed by atoms with Crippen molar-refractivity contribution in [2.75, 3.05) is 23.3 Å². The van der Waals surface area contributed by atoms with E-state index in [0.29, 0.717) is 23.7 Å². The zero-order chi connectivity index (χ0) is 22.7. The van der Waals surface area contributed by atoms with Gasteiger partial charge in [-0.15, -0.1) is 0 Å². The average molecular weight is 442 g/mol. The number of cyclic esters (lactones) is 1. The van der Waals surface area contributed by atoms with Gasteiger partial charge in [0, 0.05) is 13.1 Å². The molecule has 1 aromatic carbocycles. The summed E-state index contributed by atoms with van der Waals surface area (Å²) in [6.07, 6.45) is 3.13. The minimum absolute atomic E-state index is 0.192. The van der Waals surface area contributed by atoms with Crippen molar-refractivity contribution in [1.82, 2.24) is 19.9 Å². The molecule has 3 heterocycles. The third kappa shape index (κ3) is 4.82. The number of carbonyl (C=O) groups excluding carboxylic acids is 2.